The number of ketones is 1. The molecule has 0 saturated heterocycles. The van der Waals surface area contributed by atoms with E-state index in [9.17, 15) is 4.79 Å². The van der Waals surface area contributed by atoms with Gasteiger partial charge < -0.3 is 5.73 Å². The number of benzene rings is 1. The van der Waals surface area contributed by atoms with Crippen molar-refractivity contribution in [2.24, 2.45) is 5.73 Å². The van der Waals surface area contributed by atoms with Gasteiger partial charge in [-0.25, -0.2) is 0 Å². The van der Waals surface area contributed by atoms with Crippen LogP contribution in [0.2, 0.25) is 0 Å². The summed E-state index contributed by atoms with van der Waals surface area (Å²) in [6, 6.07) is 9.88. The Morgan fingerprint density at radius 1 is 1.36 bits per heavy atom. The van der Waals surface area contributed by atoms with Crippen LogP contribution in [0.1, 0.15) is 25.3 Å². The average Bonchev–Trinajstić information content (AvgIpc) is 2.19. The highest BCUT2D eigenvalue weighted by molar-refractivity contribution is 5.83. The van der Waals surface area contributed by atoms with Crippen LogP contribution in [0.15, 0.2) is 30.3 Å². The molecular formula is C12H17NO. The summed E-state index contributed by atoms with van der Waals surface area (Å²) in [5, 5.41) is 0. The number of nitrogens with two attached hydrogens (primary N) is 1. The van der Waals surface area contributed by atoms with Crippen molar-refractivity contribution in [3.8, 4) is 0 Å². The number of aryl methyl sites for hydroxylation is 1. The molecule has 0 heterocycles. The maximum atomic E-state index is 11.2. The summed E-state index contributed by atoms with van der Waals surface area (Å²) in [5.41, 5.74) is 6.75. The standard InChI is InChI=1S/C12H17NO/c1-10(13)12(14)9-5-8-11-6-3-2-4-7-11/h2-4,6-7,10H,5,8-9,13H2,1H3/t10-/m1/s1. The number of carbonyl (C=O) groups excluding carboxylic acids is 1. The average molecular weight is 191 g/mol. The first-order valence-electron chi connectivity index (χ1n) is 5.02. The third-order valence-corrected chi connectivity index (χ3v) is 2.24. The lowest BCUT2D eigenvalue weighted by molar-refractivity contribution is -0.120. The van der Waals surface area contributed by atoms with Gasteiger partial charge in [-0.05, 0) is 25.3 Å². The highest BCUT2D eigenvalue weighted by Crippen LogP contribution is 2.05. The second-order valence-corrected chi connectivity index (χ2v) is 3.59. The first-order valence-corrected chi connectivity index (χ1v) is 5.02. The Balaban J connectivity index is 2.26. The van der Waals surface area contributed by atoms with Crippen molar-refractivity contribution in [2.45, 2.75) is 32.2 Å². The molecule has 0 amide bonds. The van der Waals surface area contributed by atoms with Crippen LogP contribution < -0.4 is 5.73 Å². The van der Waals surface area contributed by atoms with Crippen LogP contribution >= 0.6 is 0 Å². The molecule has 14 heavy (non-hydrogen) atoms. The molecule has 0 fully saturated rings. The molecule has 1 aromatic carbocycles. The predicted octanol–water partition coefficient (Wildman–Crippen LogP) is 1.93. The van der Waals surface area contributed by atoms with Crippen molar-refractivity contribution >= 4 is 5.78 Å². The summed E-state index contributed by atoms with van der Waals surface area (Å²) in [7, 11) is 0. The zero-order valence-electron chi connectivity index (χ0n) is 8.57. The molecule has 0 spiro atoms. The maximum Gasteiger partial charge on any atom is 0.149 e. The Morgan fingerprint density at radius 2 is 2.00 bits per heavy atom. The molecule has 0 radical (unpaired) electrons. The Labute approximate surface area is 85.1 Å². The van der Waals surface area contributed by atoms with E-state index >= 15 is 0 Å². The molecule has 0 unspecified atom stereocenters. The number of hydrogen-bond donors (Lipinski definition) is 1. The van der Waals surface area contributed by atoms with Crippen molar-refractivity contribution < 1.29 is 4.79 Å². The molecule has 0 saturated carbocycles. The van der Waals surface area contributed by atoms with Crippen LogP contribution in [0, 0.1) is 0 Å². The van der Waals surface area contributed by atoms with E-state index in [2.05, 4.69) is 12.1 Å². The minimum absolute atomic E-state index is 0.154. The van der Waals surface area contributed by atoms with Crippen LogP contribution in [-0.2, 0) is 11.2 Å². The summed E-state index contributed by atoms with van der Waals surface area (Å²) < 4.78 is 0. The molecule has 1 rings (SSSR count). The van der Waals surface area contributed by atoms with Gasteiger partial charge >= 0.3 is 0 Å². The van der Waals surface area contributed by atoms with Crippen molar-refractivity contribution in [3.05, 3.63) is 35.9 Å². The van der Waals surface area contributed by atoms with Gasteiger partial charge in [-0.2, -0.15) is 0 Å². The van der Waals surface area contributed by atoms with Crippen molar-refractivity contribution in [1.29, 1.82) is 0 Å². The predicted molar refractivity (Wildman–Crippen MR) is 58.0 cm³/mol. The normalized spacial score (nSPS) is 12.4. The number of rotatable bonds is 5. The van der Waals surface area contributed by atoms with Crippen LogP contribution in [0.4, 0.5) is 0 Å². The topological polar surface area (TPSA) is 43.1 Å². The van der Waals surface area contributed by atoms with Gasteiger partial charge in [0.25, 0.3) is 0 Å². The van der Waals surface area contributed by atoms with E-state index < -0.39 is 0 Å². The van der Waals surface area contributed by atoms with Gasteiger partial charge in [0.05, 0.1) is 6.04 Å². The first kappa shape index (κ1) is 10.9. The first-order chi connectivity index (χ1) is 6.70. The molecule has 0 aromatic heterocycles. The SMILES string of the molecule is C[C@@H](N)C(=O)CCCc1ccccc1. The molecule has 2 heteroatoms. The van der Waals surface area contributed by atoms with Crippen LogP contribution in [0.3, 0.4) is 0 Å². The fourth-order valence-corrected chi connectivity index (χ4v) is 1.34. The number of Topliss-reactive ketones (excluding diaryl/α,β-unsaturated/α-hetero) is 1. The second kappa shape index (κ2) is 5.55. The van der Waals surface area contributed by atoms with E-state index in [0.29, 0.717) is 6.42 Å². The summed E-state index contributed by atoms with van der Waals surface area (Å²) in [4.78, 5) is 11.2. The number of hydrogen-bond acceptors (Lipinski definition) is 2. The molecule has 0 aliphatic heterocycles. The lowest BCUT2D eigenvalue weighted by Gasteiger charge is -2.03. The van der Waals surface area contributed by atoms with Gasteiger partial charge in [0.1, 0.15) is 5.78 Å². The smallest absolute Gasteiger partial charge is 0.149 e. The molecule has 76 valence electrons. The van der Waals surface area contributed by atoms with E-state index in [0.717, 1.165) is 12.8 Å². The minimum Gasteiger partial charge on any atom is -0.322 e. The Hall–Kier alpha value is -1.15. The van der Waals surface area contributed by atoms with Gasteiger partial charge in [-0.3, -0.25) is 4.79 Å². The summed E-state index contributed by atoms with van der Waals surface area (Å²) in [6.45, 7) is 1.74. The Kier molecular flexibility index (Phi) is 4.33. The third kappa shape index (κ3) is 3.71. The zero-order valence-corrected chi connectivity index (χ0v) is 8.57. The lowest BCUT2D eigenvalue weighted by atomic mass is 10.0. The summed E-state index contributed by atoms with van der Waals surface area (Å²) in [6.07, 6.45) is 2.44. The fraction of sp³-hybridized carbons (Fsp3) is 0.417. The minimum atomic E-state index is -0.314. The van der Waals surface area contributed by atoms with Crippen LogP contribution in [0.25, 0.3) is 0 Å². The fourth-order valence-electron chi connectivity index (χ4n) is 1.34. The molecule has 2 nitrogen and oxygen atoms in total. The molecule has 0 aliphatic rings. The van der Waals surface area contributed by atoms with Gasteiger partial charge in [-0.15, -0.1) is 0 Å². The molecule has 0 aliphatic carbocycles. The van der Waals surface area contributed by atoms with Crippen LogP contribution in [-0.4, -0.2) is 11.8 Å². The highest BCUT2D eigenvalue weighted by Gasteiger charge is 2.06. The van der Waals surface area contributed by atoms with Crippen molar-refractivity contribution in [2.75, 3.05) is 0 Å². The maximum absolute atomic E-state index is 11.2. The van der Waals surface area contributed by atoms with Crippen molar-refractivity contribution in [1.82, 2.24) is 0 Å². The quantitative estimate of drug-likeness (QED) is 0.772. The molecule has 1 atom stereocenters. The highest BCUT2D eigenvalue weighted by atomic mass is 16.1. The van der Waals surface area contributed by atoms with Crippen molar-refractivity contribution in [3.63, 3.8) is 0 Å². The van der Waals surface area contributed by atoms with Gasteiger partial charge in [0.15, 0.2) is 0 Å². The second-order valence-electron chi connectivity index (χ2n) is 3.59. The van der Waals surface area contributed by atoms with Crippen LogP contribution in [0.5, 0.6) is 0 Å². The zero-order chi connectivity index (χ0) is 10.4. The van der Waals surface area contributed by atoms with E-state index in [4.69, 9.17) is 5.73 Å². The molecule has 0 bridgehead atoms. The van der Waals surface area contributed by atoms with E-state index in [1.165, 1.54) is 5.56 Å². The number of carbonyl (C=O) groups is 1. The summed E-state index contributed by atoms with van der Waals surface area (Å²) >= 11 is 0. The van der Waals surface area contributed by atoms with Gasteiger partial charge in [0.2, 0.25) is 0 Å². The monoisotopic (exact) mass is 191 g/mol. The van der Waals surface area contributed by atoms with E-state index in [1.54, 1.807) is 6.92 Å². The Morgan fingerprint density at radius 3 is 2.57 bits per heavy atom. The third-order valence-electron chi connectivity index (χ3n) is 2.24. The van der Waals surface area contributed by atoms with Gasteiger partial charge in [-0.1, -0.05) is 30.3 Å². The van der Waals surface area contributed by atoms with E-state index in [-0.39, 0.29) is 11.8 Å². The summed E-state index contributed by atoms with van der Waals surface area (Å²) in [5.74, 6) is 0.154. The van der Waals surface area contributed by atoms with Gasteiger partial charge in [0, 0.05) is 6.42 Å². The molecule has 2 N–H and O–H groups in total. The Bertz CT molecular complexity index is 280. The molecular weight excluding hydrogens is 174 g/mol. The lowest BCUT2D eigenvalue weighted by Crippen LogP contribution is -2.26. The molecule has 1 aromatic rings. The largest absolute Gasteiger partial charge is 0.322 e. The van der Waals surface area contributed by atoms with E-state index in [1.807, 2.05) is 18.2 Å².